The van der Waals surface area contributed by atoms with Gasteiger partial charge in [-0.15, -0.1) is 23.1 Å². The third-order valence-electron chi connectivity index (χ3n) is 3.79. The average molecular weight is 359 g/mol. The Bertz CT molecular complexity index is 976. The summed E-state index contributed by atoms with van der Waals surface area (Å²) in [5.41, 5.74) is 1.33. The molecule has 3 rings (SSSR count). The summed E-state index contributed by atoms with van der Waals surface area (Å²) in [6, 6.07) is 7.67. The predicted molar refractivity (Wildman–Crippen MR) is 100 cm³/mol. The molecule has 0 aliphatic carbocycles. The smallest absolute Gasteiger partial charge is 0.266 e. The molecule has 2 aromatic heterocycles. The van der Waals surface area contributed by atoms with Crippen LogP contribution in [0.3, 0.4) is 0 Å². The summed E-state index contributed by atoms with van der Waals surface area (Å²) in [7, 11) is 0. The van der Waals surface area contributed by atoms with Crippen molar-refractivity contribution in [1.29, 1.82) is 0 Å². The Hall–Kier alpha value is -2.12. The minimum Gasteiger partial charge on any atom is -0.321 e. The van der Waals surface area contributed by atoms with Crippen LogP contribution in [0.4, 0.5) is 5.69 Å². The van der Waals surface area contributed by atoms with Crippen LogP contribution in [0.1, 0.15) is 22.2 Å². The maximum atomic E-state index is 12.6. The highest BCUT2D eigenvalue weighted by Crippen LogP contribution is 2.28. The van der Waals surface area contributed by atoms with Crippen molar-refractivity contribution < 1.29 is 4.79 Å². The number of aryl methyl sites for hydroxylation is 2. The fraction of sp³-hybridized carbons (Fsp3) is 0.235. The number of fused-ring (bicyclic) bond motifs is 1. The van der Waals surface area contributed by atoms with Crippen LogP contribution in [0.15, 0.2) is 40.3 Å². The maximum Gasteiger partial charge on any atom is 0.266 e. The Morgan fingerprint density at radius 2 is 2.21 bits per heavy atom. The van der Waals surface area contributed by atoms with Gasteiger partial charge in [0.1, 0.15) is 4.83 Å². The molecule has 0 atom stereocenters. The second-order valence-electron chi connectivity index (χ2n) is 5.26. The van der Waals surface area contributed by atoms with Crippen molar-refractivity contribution in [1.82, 2.24) is 9.55 Å². The molecule has 5 nitrogen and oxygen atoms in total. The van der Waals surface area contributed by atoms with Gasteiger partial charge < -0.3 is 5.32 Å². The zero-order chi connectivity index (χ0) is 17.3. The zero-order valence-corrected chi connectivity index (χ0v) is 15.3. The van der Waals surface area contributed by atoms with E-state index in [9.17, 15) is 9.59 Å². The second-order valence-corrected chi connectivity index (χ2v) is 7.14. The first kappa shape index (κ1) is 16.7. The number of thioether (sulfide) groups is 1. The minimum absolute atomic E-state index is 0.0975. The van der Waals surface area contributed by atoms with Crippen LogP contribution in [-0.4, -0.2) is 21.7 Å². The number of thiophene rings is 1. The molecule has 1 aromatic carbocycles. The second kappa shape index (κ2) is 6.78. The van der Waals surface area contributed by atoms with Gasteiger partial charge in [0.15, 0.2) is 0 Å². The summed E-state index contributed by atoms with van der Waals surface area (Å²) in [6.45, 7) is 4.25. The maximum absolute atomic E-state index is 12.6. The fourth-order valence-corrected chi connectivity index (χ4v) is 3.98. The highest BCUT2D eigenvalue weighted by atomic mass is 32.2. The minimum atomic E-state index is -0.212. The van der Waals surface area contributed by atoms with Crippen molar-refractivity contribution in [2.75, 3.05) is 11.6 Å². The van der Waals surface area contributed by atoms with Crippen LogP contribution in [-0.2, 0) is 6.54 Å². The summed E-state index contributed by atoms with van der Waals surface area (Å²) >= 11 is 2.87. The Kier molecular flexibility index (Phi) is 4.73. The molecule has 0 saturated carbocycles. The van der Waals surface area contributed by atoms with Gasteiger partial charge in [0.25, 0.3) is 11.5 Å². The van der Waals surface area contributed by atoms with Crippen LogP contribution in [0.5, 0.6) is 0 Å². The number of benzene rings is 1. The van der Waals surface area contributed by atoms with Gasteiger partial charge in [0.2, 0.25) is 0 Å². The van der Waals surface area contributed by atoms with Gasteiger partial charge in [0.05, 0.1) is 16.6 Å². The quantitative estimate of drug-likeness (QED) is 0.721. The van der Waals surface area contributed by atoms with E-state index in [1.54, 1.807) is 23.3 Å². The molecule has 24 heavy (non-hydrogen) atoms. The van der Waals surface area contributed by atoms with Crippen molar-refractivity contribution in [2.24, 2.45) is 0 Å². The van der Waals surface area contributed by atoms with Gasteiger partial charge in [-0.3, -0.25) is 14.2 Å². The number of aromatic nitrogens is 2. The molecule has 2 heterocycles. The molecule has 1 amide bonds. The number of hydrogen-bond donors (Lipinski definition) is 1. The fourth-order valence-electron chi connectivity index (χ4n) is 2.49. The van der Waals surface area contributed by atoms with E-state index >= 15 is 0 Å². The topological polar surface area (TPSA) is 64.0 Å². The summed E-state index contributed by atoms with van der Waals surface area (Å²) in [4.78, 5) is 31.6. The highest BCUT2D eigenvalue weighted by Gasteiger charge is 2.19. The average Bonchev–Trinajstić information content (AvgIpc) is 2.93. The Morgan fingerprint density at radius 3 is 2.92 bits per heavy atom. The number of rotatable bonds is 4. The molecular formula is C17H17N3O2S2. The van der Waals surface area contributed by atoms with E-state index < -0.39 is 0 Å². The Morgan fingerprint density at radius 1 is 1.42 bits per heavy atom. The standard InChI is InChI=1S/C17H17N3O2S2/c1-4-20-9-18-16-13(17(20)22)10(2)14(24-16)15(21)19-11-6-5-7-12(8-11)23-3/h5-9H,4H2,1-3H3,(H,19,21). The lowest BCUT2D eigenvalue weighted by atomic mass is 10.2. The summed E-state index contributed by atoms with van der Waals surface area (Å²) < 4.78 is 1.55. The molecule has 0 bridgehead atoms. The third-order valence-corrected chi connectivity index (χ3v) is 5.72. The number of amides is 1. The first-order chi connectivity index (χ1) is 11.5. The zero-order valence-electron chi connectivity index (χ0n) is 13.6. The van der Waals surface area contributed by atoms with E-state index in [2.05, 4.69) is 10.3 Å². The Balaban J connectivity index is 1.99. The molecule has 0 saturated heterocycles. The Labute approximate surface area is 147 Å². The van der Waals surface area contributed by atoms with Gasteiger partial charge >= 0.3 is 0 Å². The van der Waals surface area contributed by atoms with Crippen molar-refractivity contribution in [3.8, 4) is 0 Å². The van der Waals surface area contributed by atoms with E-state index in [0.29, 0.717) is 27.2 Å². The first-order valence-electron chi connectivity index (χ1n) is 7.49. The van der Waals surface area contributed by atoms with Gasteiger partial charge in [-0.1, -0.05) is 6.07 Å². The van der Waals surface area contributed by atoms with Gasteiger partial charge in [-0.2, -0.15) is 0 Å². The summed E-state index contributed by atoms with van der Waals surface area (Å²) in [5.74, 6) is -0.212. The molecule has 3 aromatic rings. The lowest BCUT2D eigenvalue weighted by molar-refractivity contribution is 0.103. The molecule has 0 radical (unpaired) electrons. The highest BCUT2D eigenvalue weighted by molar-refractivity contribution is 7.98. The number of nitrogens with zero attached hydrogens (tertiary/aromatic N) is 2. The normalized spacial score (nSPS) is 11.0. The van der Waals surface area contributed by atoms with Crippen LogP contribution in [0.2, 0.25) is 0 Å². The molecule has 7 heteroatoms. The van der Waals surface area contributed by atoms with E-state index in [-0.39, 0.29) is 11.5 Å². The van der Waals surface area contributed by atoms with Gasteiger partial charge in [0, 0.05) is 17.1 Å². The largest absolute Gasteiger partial charge is 0.321 e. The van der Waals surface area contributed by atoms with Crippen LogP contribution >= 0.6 is 23.1 Å². The first-order valence-corrected chi connectivity index (χ1v) is 9.53. The van der Waals surface area contributed by atoms with Crippen LogP contribution < -0.4 is 10.9 Å². The molecule has 1 N–H and O–H groups in total. The molecule has 0 aliphatic rings. The van der Waals surface area contributed by atoms with Crippen molar-refractivity contribution in [3.63, 3.8) is 0 Å². The number of carbonyl (C=O) groups is 1. The van der Waals surface area contributed by atoms with Crippen molar-refractivity contribution in [2.45, 2.75) is 25.3 Å². The van der Waals surface area contributed by atoms with E-state index in [0.717, 1.165) is 10.6 Å². The van der Waals surface area contributed by atoms with Crippen molar-refractivity contribution in [3.05, 3.63) is 51.4 Å². The molecule has 0 spiro atoms. The SMILES string of the molecule is CCn1cnc2sc(C(=O)Nc3cccc(SC)c3)c(C)c2c1=O. The number of hydrogen-bond acceptors (Lipinski definition) is 5. The van der Waals surface area contributed by atoms with Crippen LogP contribution in [0.25, 0.3) is 10.2 Å². The number of nitrogens with one attached hydrogen (secondary N) is 1. The number of anilines is 1. The molecule has 124 valence electrons. The molecule has 0 aliphatic heterocycles. The molecule has 0 fully saturated rings. The molecular weight excluding hydrogens is 342 g/mol. The van der Waals surface area contributed by atoms with Crippen molar-refractivity contribution >= 4 is 44.9 Å². The number of carbonyl (C=O) groups excluding carboxylic acids is 1. The van der Waals surface area contributed by atoms with E-state index in [4.69, 9.17) is 0 Å². The van der Waals surface area contributed by atoms with Crippen LogP contribution in [0, 0.1) is 6.92 Å². The van der Waals surface area contributed by atoms with Gasteiger partial charge in [-0.25, -0.2) is 4.98 Å². The predicted octanol–water partition coefficient (Wildman–Crippen LogP) is 3.76. The lowest BCUT2D eigenvalue weighted by Gasteiger charge is -2.06. The van der Waals surface area contributed by atoms with E-state index in [1.165, 1.54) is 17.7 Å². The monoisotopic (exact) mass is 359 g/mol. The lowest BCUT2D eigenvalue weighted by Crippen LogP contribution is -2.19. The summed E-state index contributed by atoms with van der Waals surface area (Å²) in [5, 5.41) is 3.44. The van der Waals surface area contributed by atoms with Gasteiger partial charge in [-0.05, 0) is 43.9 Å². The molecule has 0 unspecified atom stereocenters. The summed E-state index contributed by atoms with van der Waals surface area (Å²) in [6.07, 6.45) is 3.52. The van der Waals surface area contributed by atoms with E-state index in [1.807, 2.05) is 37.4 Å². The third kappa shape index (κ3) is 2.97.